The Morgan fingerprint density at radius 1 is 1.00 bits per heavy atom. The first-order chi connectivity index (χ1) is 12.9. The van der Waals surface area contributed by atoms with Gasteiger partial charge in [-0.25, -0.2) is 0 Å². The first-order valence-electron chi connectivity index (χ1n) is 9.08. The van der Waals surface area contributed by atoms with Crippen LogP contribution in [0, 0.1) is 18.8 Å². The number of benzene rings is 1. The second-order valence-electron chi connectivity index (χ2n) is 6.99. The average Bonchev–Trinajstić information content (AvgIpc) is 3.06. The molecule has 2 aromatic rings. The van der Waals surface area contributed by atoms with Gasteiger partial charge in [-0.3, -0.25) is 14.4 Å². The van der Waals surface area contributed by atoms with Crippen molar-refractivity contribution >= 4 is 29.1 Å². The number of carbonyl (C=O) groups is 3. The number of aryl methyl sites for hydroxylation is 1. The van der Waals surface area contributed by atoms with Gasteiger partial charge < -0.3 is 15.2 Å². The van der Waals surface area contributed by atoms with Crippen molar-refractivity contribution in [1.82, 2.24) is 5.16 Å². The lowest BCUT2D eigenvalue weighted by Crippen LogP contribution is -2.32. The molecule has 1 heterocycles. The molecule has 1 aliphatic carbocycles. The van der Waals surface area contributed by atoms with E-state index in [9.17, 15) is 14.4 Å². The number of aromatic nitrogens is 1. The average molecular weight is 369 g/mol. The number of carbonyl (C=O) groups excluding carboxylic acids is 3. The molecule has 142 valence electrons. The molecule has 3 rings (SSSR count). The van der Waals surface area contributed by atoms with Gasteiger partial charge in [0.05, 0.1) is 0 Å². The standard InChI is InChI=1S/C20H23N3O4/c1-12-10-18(23-27-12)22-20(26)15-8-6-14(7-9-15)19(25)21-17-5-3-4-16(11-17)13(2)24/h3-5,10-11,14-15H,6-9H2,1-2H3,(H,21,25)(H,22,23,26). The first-order valence-corrected chi connectivity index (χ1v) is 9.08. The molecule has 0 saturated heterocycles. The molecule has 0 bridgehead atoms. The third kappa shape index (κ3) is 4.81. The summed E-state index contributed by atoms with van der Waals surface area (Å²) in [5.41, 5.74) is 1.19. The summed E-state index contributed by atoms with van der Waals surface area (Å²) in [5, 5.41) is 9.40. The van der Waals surface area contributed by atoms with Crippen molar-refractivity contribution in [2.45, 2.75) is 39.5 Å². The molecule has 0 unspecified atom stereocenters. The summed E-state index contributed by atoms with van der Waals surface area (Å²) in [5.74, 6) is 0.594. The van der Waals surface area contributed by atoms with Gasteiger partial charge in [-0.15, -0.1) is 0 Å². The van der Waals surface area contributed by atoms with Gasteiger partial charge in [0.1, 0.15) is 5.76 Å². The molecular formula is C20H23N3O4. The molecule has 27 heavy (non-hydrogen) atoms. The van der Waals surface area contributed by atoms with E-state index in [1.165, 1.54) is 6.92 Å². The van der Waals surface area contributed by atoms with E-state index < -0.39 is 0 Å². The fourth-order valence-corrected chi connectivity index (χ4v) is 3.33. The Morgan fingerprint density at radius 2 is 1.63 bits per heavy atom. The molecule has 0 atom stereocenters. The topological polar surface area (TPSA) is 101 Å². The van der Waals surface area contributed by atoms with Gasteiger partial charge in [0.15, 0.2) is 11.6 Å². The first kappa shape index (κ1) is 18.8. The number of ketones is 1. The van der Waals surface area contributed by atoms with Gasteiger partial charge >= 0.3 is 0 Å². The van der Waals surface area contributed by atoms with Crippen molar-refractivity contribution < 1.29 is 18.9 Å². The molecule has 2 N–H and O–H groups in total. The minimum atomic E-state index is -0.135. The third-order valence-electron chi connectivity index (χ3n) is 4.88. The number of nitrogens with one attached hydrogen (secondary N) is 2. The highest BCUT2D eigenvalue weighted by atomic mass is 16.5. The van der Waals surface area contributed by atoms with Gasteiger partial charge in [0.25, 0.3) is 0 Å². The van der Waals surface area contributed by atoms with Crippen molar-refractivity contribution in [1.29, 1.82) is 0 Å². The summed E-state index contributed by atoms with van der Waals surface area (Å²) >= 11 is 0. The Bertz CT molecular complexity index is 850. The molecule has 1 saturated carbocycles. The summed E-state index contributed by atoms with van der Waals surface area (Å²) in [6, 6.07) is 8.59. The maximum Gasteiger partial charge on any atom is 0.228 e. The number of nitrogens with zero attached hydrogens (tertiary/aromatic N) is 1. The van der Waals surface area contributed by atoms with E-state index in [2.05, 4.69) is 15.8 Å². The summed E-state index contributed by atoms with van der Waals surface area (Å²) in [6.45, 7) is 3.26. The lowest BCUT2D eigenvalue weighted by atomic mass is 9.81. The molecule has 1 aliphatic rings. The van der Waals surface area contributed by atoms with E-state index in [1.54, 1.807) is 37.3 Å². The monoisotopic (exact) mass is 369 g/mol. The van der Waals surface area contributed by atoms with Crippen molar-refractivity contribution in [3.05, 3.63) is 41.7 Å². The van der Waals surface area contributed by atoms with Crippen LogP contribution in [0.1, 0.15) is 48.7 Å². The molecule has 1 aromatic carbocycles. The van der Waals surface area contributed by atoms with Gasteiger partial charge in [-0.2, -0.15) is 0 Å². The smallest absolute Gasteiger partial charge is 0.228 e. The van der Waals surface area contributed by atoms with E-state index >= 15 is 0 Å². The lowest BCUT2D eigenvalue weighted by Gasteiger charge is -2.26. The van der Waals surface area contributed by atoms with Gasteiger partial charge in [0.2, 0.25) is 11.8 Å². The van der Waals surface area contributed by atoms with Crippen LogP contribution in [-0.4, -0.2) is 22.8 Å². The molecule has 1 aromatic heterocycles. The van der Waals surface area contributed by atoms with Crippen molar-refractivity contribution in [2.24, 2.45) is 11.8 Å². The van der Waals surface area contributed by atoms with E-state index in [0.717, 1.165) is 0 Å². The Labute approximate surface area is 157 Å². The molecular weight excluding hydrogens is 346 g/mol. The Morgan fingerprint density at radius 3 is 2.19 bits per heavy atom. The van der Waals surface area contributed by atoms with Crippen molar-refractivity contribution in [2.75, 3.05) is 10.6 Å². The quantitative estimate of drug-likeness (QED) is 0.785. The SMILES string of the molecule is CC(=O)c1cccc(NC(=O)C2CCC(C(=O)Nc3cc(C)on3)CC2)c1. The molecule has 2 amide bonds. The van der Waals surface area contributed by atoms with Crippen LogP contribution >= 0.6 is 0 Å². The van der Waals surface area contributed by atoms with Crippen LogP contribution in [0.2, 0.25) is 0 Å². The Hall–Kier alpha value is -2.96. The van der Waals surface area contributed by atoms with Crippen LogP contribution < -0.4 is 10.6 Å². The van der Waals surface area contributed by atoms with Crippen LogP contribution in [0.5, 0.6) is 0 Å². The number of hydrogen-bond donors (Lipinski definition) is 2. The number of anilines is 2. The third-order valence-corrected chi connectivity index (χ3v) is 4.88. The highest BCUT2D eigenvalue weighted by Crippen LogP contribution is 2.30. The summed E-state index contributed by atoms with van der Waals surface area (Å²) in [7, 11) is 0. The summed E-state index contributed by atoms with van der Waals surface area (Å²) in [4.78, 5) is 36.3. The van der Waals surface area contributed by atoms with Gasteiger partial charge in [0, 0.05) is 29.2 Å². The molecule has 0 radical (unpaired) electrons. The molecule has 7 nitrogen and oxygen atoms in total. The predicted octanol–water partition coefficient (Wildman–Crippen LogP) is 3.57. The van der Waals surface area contributed by atoms with E-state index in [4.69, 9.17) is 4.52 Å². The number of rotatable bonds is 5. The molecule has 0 aliphatic heterocycles. The maximum atomic E-state index is 12.5. The zero-order chi connectivity index (χ0) is 19.4. The normalized spacial score (nSPS) is 19.3. The molecule has 1 fully saturated rings. The van der Waals surface area contributed by atoms with Crippen molar-refractivity contribution in [3.8, 4) is 0 Å². The second kappa shape index (κ2) is 8.16. The predicted molar refractivity (Wildman–Crippen MR) is 100 cm³/mol. The molecule has 0 spiro atoms. The fraction of sp³-hybridized carbons (Fsp3) is 0.400. The van der Waals surface area contributed by atoms with Crippen LogP contribution in [0.15, 0.2) is 34.9 Å². The van der Waals surface area contributed by atoms with Crippen LogP contribution in [0.3, 0.4) is 0 Å². The summed E-state index contributed by atoms with van der Waals surface area (Å²) < 4.78 is 4.94. The van der Waals surface area contributed by atoms with Crippen LogP contribution in [0.25, 0.3) is 0 Å². The zero-order valence-electron chi connectivity index (χ0n) is 15.5. The number of hydrogen-bond acceptors (Lipinski definition) is 5. The van der Waals surface area contributed by atoms with Gasteiger partial charge in [-0.05, 0) is 51.7 Å². The lowest BCUT2D eigenvalue weighted by molar-refractivity contribution is -0.125. The van der Waals surface area contributed by atoms with E-state index in [1.807, 2.05) is 0 Å². The highest BCUT2D eigenvalue weighted by molar-refractivity contribution is 5.97. The fourth-order valence-electron chi connectivity index (χ4n) is 3.33. The number of Topliss-reactive ketones (excluding diaryl/α,β-unsaturated/α-hetero) is 1. The van der Waals surface area contributed by atoms with Gasteiger partial charge in [-0.1, -0.05) is 17.3 Å². The summed E-state index contributed by atoms with van der Waals surface area (Å²) in [6.07, 6.45) is 2.59. The molecule has 7 heteroatoms. The van der Waals surface area contributed by atoms with E-state index in [0.29, 0.717) is 48.5 Å². The minimum Gasteiger partial charge on any atom is -0.360 e. The Balaban J connectivity index is 1.51. The zero-order valence-corrected chi connectivity index (χ0v) is 15.5. The highest BCUT2D eigenvalue weighted by Gasteiger charge is 2.30. The maximum absolute atomic E-state index is 12.5. The van der Waals surface area contributed by atoms with Crippen LogP contribution in [0.4, 0.5) is 11.5 Å². The van der Waals surface area contributed by atoms with E-state index in [-0.39, 0.29) is 29.4 Å². The Kier molecular flexibility index (Phi) is 5.69. The van der Waals surface area contributed by atoms with Crippen molar-refractivity contribution in [3.63, 3.8) is 0 Å². The largest absolute Gasteiger partial charge is 0.360 e. The number of amides is 2. The van der Waals surface area contributed by atoms with Crippen LogP contribution in [-0.2, 0) is 9.59 Å². The minimum absolute atomic E-state index is 0.0417. The second-order valence-corrected chi connectivity index (χ2v) is 6.99.